The van der Waals surface area contributed by atoms with Gasteiger partial charge >= 0.3 is 0 Å². The third-order valence-corrected chi connectivity index (χ3v) is 3.74. The molecule has 0 unspecified atom stereocenters. The van der Waals surface area contributed by atoms with Gasteiger partial charge in [0.05, 0.1) is 12.8 Å². The van der Waals surface area contributed by atoms with Crippen LogP contribution in [0.2, 0.25) is 5.02 Å². The van der Waals surface area contributed by atoms with Gasteiger partial charge in [-0.1, -0.05) is 23.4 Å². The second kappa shape index (κ2) is 6.16. The van der Waals surface area contributed by atoms with Crippen molar-refractivity contribution in [2.75, 3.05) is 31.3 Å². The summed E-state index contributed by atoms with van der Waals surface area (Å²) in [6.45, 7) is 0.644. The van der Waals surface area contributed by atoms with Gasteiger partial charge in [0.2, 0.25) is 5.91 Å². The van der Waals surface area contributed by atoms with E-state index in [0.29, 0.717) is 23.0 Å². The standard InChI is InChI=1S/C12H13ClN2O3S/c1-18-10-3-2-8(13)6-9(10)14-11(16)7-15-4-5-19-12(15)17/h2-3,6H,4-5,7H2,1H3,(H,14,16). The van der Waals surface area contributed by atoms with E-state index in [0.717, 1.165) is 5.75 Å². The molecule has 1 aromatic carbocycles. The first-order valence-corrected chi connectivity index (χ1v) is 7.01. The van der Waals surface area contributed by atoms with Gasteiger partial charge < -0.3 is 15.0 Å². The molecule has 0 aliphatic carbocycles. The summed E-state index contributed by atoms with van der Waals surface area (Å²) in [5.41, 5.74) is 0.499. The molecule has 1 N–H and O–H groups in total. The zero-order valence-electron chi connectivity index (χ0n) is 10.3. The maximum absolute atomic E-state index is 11.9. The van der Waals surface area contributed by atoms with Gasteiger partial charge in [-0.05, 0) is 18.2 Å². The fourth-order valence-corrected chi connectivity index (χ4v) is 2.71. The van der Waals surface area contributed by atoms with Gasteiger partial charge in [-0.15, -0.1) is 0 Å². The summed E-state index contributed by atoms with van der Waals surface area (Å²) in [4.78, 5) is 24.8. The lowest BCUT2D eigenvalue weighted by Crippen LogP contribution is -2.33. The monoisotopic (exact) mass is 300 g/mol. The lowest BCUT2D eigenvalue weighted by Gasteiger charge is -2.15. The number of nitrogens with zero attached hydrogens (tertiary/aromatic N) is 1. The first-order valence-electron chi connectivity index (χ1n) is 5.65. The highest BCUT2D eigenvalue weighted by Gasteiger charge is 2.23. The number of carbonyl (C=O) groups excluding carboxylic acids is 2. The predicted molar refractivity (Wildman–Crippen MR) is 76.1 cm³/mol. The predicted octanol–water partition coefficient (Wildman–Crippen LogP) is 2.46. The number of rotatable bonds is 4. The fraction of sp³-hybridized carbons (Fsp3) is 0.333. The minimum atomic E-state index is -0.267. The zero-order valence-corrected chi connectivity index (χ0v) is 11.9. The summed E-state index contributed by atoms with van der Waals surface area (Å²) in [7, 11) is 1.51. The van der Waals surface area contributed by atoms with Crippen LogP contribution in [0.1, 0.15) is 0 Å². The molecule has 2 rings (SSSR count). The highest BCUT2D eigenvalue weighted by molar-refractivity contribution is 8.13. The molecule has 0 saturated carbocycles. The number of carbonyl (C=O) groups is 2. The minimum Gasteiger partial charge on any atom is -0.495 e. The van der Waals surface area contributed by atoms with Crippen LogP contribution in [0.25, 0.3) is 0 Å². The molecule has 7 heteroatoms. The molecular weight excluding hydrogens is 288 g/mol. The van der Waals surface area contributed by atoms with Gasteiger partial charge in [-0.25, -0.2) is 0 Å². The third-order valence-electron chi connectivity index (χ3n) is 2.62. The van der Waals surface area contributed by atoms with Gasteiger partial charge in [0.1, 0.15) is 12.3 Å². The molecule has 0 aromatic heterocycles. The molecule has 0 bridgehead atoms. The molecule has 1 heterocycles. The smallest absolute Gasteiger partial charge is 0.282 e. The van der Waals surface area contributed by atoms with Crippen molar-refractivity contribution in [3.05, 3.63) is 23.2 Å². The topological polar surface area (TPSA) is 58.6 Å². The number of hydrogen-bond acceptors (Lipinski definition) is 4. The number of methoxy groups -OCH3 is 1. The van der Waals surface area contributed by atoms with E-state index in [9.17, 15) is 9.59 Å². The Kier molecular flexibility index (Phi) is 4.55. The maximum atomic E-state index is 11.9. The fourth-order valence-electron chi connectivity index (χ4n) is 1.71. The molecular formula is C12H13ClN2O3S. The van der Waals surface area contributed by atoms with Crippen LogP contribution in [0, 0.1) is 0 Å². The van der Waals surface area contributed by atoms with Crippen molar-refractivity contribution in [2.45, 2.75) is 0 Å². The summed E-state index contributed by atoms with van der Waals surface area (Å²) < 4.78 is 5.13. The minimum absolute atomic E-state index is 0.0432. The quantitative estimate of drug-likeness (QED) is 0.928. The number of thioether (sulfide) groups is 1. The molecule has 1 saturated heterocycles. The van der Waals surface area contributed by atoms with Crippen molar-refractivity contribution in [1.29, 1.82) is 0 Å². The Labute approximate surface area is 120 Å². The Morgan fingerprint density at radius 1 is 1.58 bits per heavy atom. The van der Waals surface area contributed by atoms with Gasteiger partial charge in [0.15, 0.2) is 0 Å². The van der Waals surface area contributed by atoms with Gasteiger partial charge in [0, 0.05) is 17.3 Å². The van der Waals surface area contributed by atoms with Gasteiger partial charge in [-0.2, -0.15) is 0 Å². The Morgan fingerprint density at radius 3 is 3.00 bits per heavy atom. The number of anilines is 1. The van der Waals surface area contributed by atoms with Crippen LogP contribution in [0.5, 0.6) is 5.75 Å². The number of ether oxygens (including phenoxy) is 1. The van der Waals surface area contributed by atoms with Crippen LogP contribution in [0.3, 0.4) is 0 Å². The summed E-state index contributed by atoms with van der Waals surface area (Å²) in [5.74, 6) is 0.989. The van der Waals surface area contributed by atoms with Crippen LogP contribution in [0.4, 0.5) is 10.5 Å². The first kappa shape index (κ1) is 14.0. The Morgan fingerprint density at radius 2 is 2.37 bits per heavy atom. The van der Waals surface area contributed by atoms with E-state index < -0.39 is 0 Å². The first-order chi connectivity index (χ1) is 9.10. The summed E-state index contributed by atoms with van der Waals surface area (Å²) in [6.07, 6.45) is 0. The second-order valence-electron chi connectivity index (χ2n) is 3.93. The number of amides is 2. The molecule has 0 atom stereocenters. The van der Waals surface area contributed by atoms with Crippen molar-refractivity contribution in [1.82, 2.24) is 4.90 Å². The molecule has 1 aromatic rings. The average Bonchev–Trinajstić information content (AvgIpc) is 2.75. The maximum Gasteiger partial charge on any atom is 0.282 e. The highest BCUT2D eigenvalue weighted by Crippen LogP contribution is 2.27. The van der Waals surface area contributed by atoms with Gasteiger partial charge in [0.25, 0.3) is 5.24 Å². The van der Waals surface area contributed by atoms with Crippen molar-refractivity contribution < 1.29 is 14.3 Å². The molecule has 2 amide bonds. The normalized spacial score (nSPS) is 14.6. The summed E-state index contributed by atoms with van der Waals surface area (Å²) >= 11 is 7.10. The molecule has 5 nitrogen and oxygen atoms in total. The van der Waals surface area contributed by atoms with E-state index in [-0.39, 0.29) is 17.7 Å². The SMILES string of the molecule is COc1ccc(Cl)cc1NC(=O)CN1CCSC1=O. The number of benzene rings is 1. The lowest BCUT2D eigenvalue weighted by molar-refractivity contribution is -0.116. The Balaban J connectivity index is 2.02. The molecule has 1 fully saturated rings. The number of halogens is 1. The van der Waals surface area contributed by atoms with Crippen molar-refractivity contribution >= 4 is 40.2 Å². The van der Waals surface area contributed by atoms with E-state index in [1.165, 1.54) is 23.8 Å². The summed E-state index contributed by atoms with van der Waals surface area (Å²) in [6, 6.07) is 4.96. The molecule has 1 aliphatic rings. The van der Waals surface area contributed by atoms with E-state index in [1.54, 1.807) is 18.2 Å². The molecule has 0 spiro atoms. The van der Waals surface area contributed by atoms with E-state index in [2.05, 4.69) is 5.32 Å². The van der Waals surface area contributed by atoms with Crippen LogP contribution in [-0.4, -0.2) is 42.0 Å². The third kappa shape index (κ3) is 3.54. The van der Waals surface area contributed by atoms with Crippen LogP contribution < -0.4 is 10.1 Å². The summed E-state index contributed by atoms with van der Waals surface area (Å²) in [5, 5.41) is 3.14. The van der Waals surface area contributed by atoms with Crippen molar-refractivity contribution in [3.8, 4) is 5.75 Å². The van der Waals surface area contributed by atoms with Crippen LogP contribution in [-0.2, 0) is 4.79 Å². The number of hydrogen-bond donors (Lipinski definition) is 1. The van der Waals surface area contributed by atoms with Crippen molar-refractivity contribution in [3.63, 3.8) is 0 Å². The van der Waals surface area contributed by atoms with E-state index >= 15 is 0 Å². The largest absolute Gasteiger partial charge is 0.495 e. The highest BCUT2D eigenvalue weighted by atomic mass is 35.5. The number of nitrogens with one attached hydrogen (secondary N) is 1. The molecule has 102 valence electrons. The van der Waals surface area contributed by atoms with Crippen LogP contribution in [0.15, 0.2) is 18.2 Å². The van der Waals surface area contributed by atoms with Crippen molar-refractivity contribution in [2.24, 2.45) is 0 Å². The Bertz CT molecular complexity index is 510. The van der Waals surface area contributed by atoms with Crippen LogP contribution >= 0.6 is 23.4 Å². The van der Waals surface area contributed by atoms with E-state index in [1.807, 2.05) is 0 Å². The zero-order chi connectivity index (χ0) is 13.8. The lowest BCUT2D eigenvalue weighted by atomic mass is 10.3. The van der Waals surface area contributed by atoms with Gasteiger partial charge in [-0.3, -0.25) is 9.59 Å². The second-order valence-corrected chi connectivity index (χ2v) is 5.41. The van der Waals surface area contributed by atoms with E-state index in [4.69, 9.17) is 16.3 Å². The average molecular weight is 301 g/mol. The molecule has 0 radical (unpaired) electrons. The molecule has 19 heavy (non-hydrogen) atoms. The Hall–Kier alpha value is -1.40. The molecule has 1 aliphatic heterocycles.